The number of Topliss-reactive ketones (excluding diaryl/α,β-unsaturated/α-hetero) is 1. The molecule has 0 aliphatic heterocycles. The quantitative estimate of drug-likeness (QED) is 0.735. The van der Waals surface area contributed by atoms with Crippen molar-refractivity contribution in [3.05, 3.63) is 0 Å². The molecular weight excluding hydrogens is 200 g/mol. The number of hydrogen-bond donors (Lipinski definition) is 0. The molecule has 16 heavy (non-hydrogen) atoms. The second-order valence-electron chi connectivity index (χ2n) is 6.27. The van der Waals surface area contributed by atoms with Gasteiger partial charge in [0.1, 0.15) is 5.78 Å². The van der Waals surface area contributed by atoms with E-state index < -0.39 is 0 Å². The smallest absolute Gasteiger partial charge is 0.141 e. The highest BCUT2D eigenvalue weighted by Gasteiger charge is 2.33. The molecular formula is C14H26O2. The first-order valence-electron chi connectivity index (χ1n) is 6.50. The van der Waals surface area contributed by atoms with Crippen LogP contribution in [-0.4, -0.2) is 18.0 Å². The van der Waals surface area contributed by atoms with Crippen molar-refractivity contribution in [2.75, 3.05) is 0 Å². The van der Waals surface area contributed by atoms with Crippen LogP contribution < -0.4 is 0 Å². The standard InChI is InChI=1S/C14H26O2/c1-10(2)16-12-8-6-11(7-9-12)13(15)14(3,4)5/h10-12H,6-9H2,1-5H3. The van der Waals surface area contributed by atoms with Gasteiger partial charge in [0.25, 0.3) is 0 Å². The monoisotopic (exact) mass is 226 g/mol. The molecule has 1 saturated carbocycles. The van der Waals surface area contributed by atoms with Gasteiger partial charge in [-0.2, -0.15) is 0 Å². The van der Waals surface area contributed by atoms with Crippen LogP contribution in [0.25, 0.3) is 0 Å². The van der Waals surface area contributed by atoms with Crippen LogP contribution in [0, 0.1) is 11.3 Å². The first-order chi connectivity index (χ1) is 7.30. The van der Waals surface area contributed by atoms with E-state index in [0.717, 1.165) is 25.7 Å². The fourth-order valence-electron chi connectivity index (χ4n) is 2.46. The van der Waals surface area contributed by atoms with Crippen molar-refractivity contribution >= 4 is 5.78 Å². The zero-order valence-electron chi connectivity index (χ0n) is 11.4. The predicted molar refractivity (Wildman–Crippen MR) is 66.4 cm³/mol. The fourth-order valence-corrected chi connectivity index (χ4v) is 2.46. The van der Waals surface area contributed by atoms with Crippen LogP contribution in [0.5, 0.6) is 0 Å². The molecule has 1 aliphatic carbocycles. The molecule has 0 unspecified atom stereocenters. The van der Waals surface area contributed by atoms with Crippen LogP contribution in [0.15, 0.2) is 0 Å². The van der Waals surface area contributed by atoms with Crippen molar-refractivity contribution in [2.24, 2.45) is 11.3 Å². The van der Waals surface area contributed by atoms with E-state index in [0.29, 0.717) is 18.0 Å². The molecule has 2 heteroatoms. The Morgan fingerprint density at radius 1 is 1.12 bits per heavy atom. The van der Waals surface area contributed by atoms with Gasteiger partial charge in [0, 0.05) is 11.3 Å². The molecule has 0 saturated heterocycles. The lowest BCUT2D eigenvalue weighted by Gasteiger charge is -2.32. The van der Waals surface area contributed by atoms with Gasteiger partial charge in [-0.15, -0.1) is 0 Å². The topological polar surface area (TPSA) is 26.3 Å². The first-order valence-corrected chi connectivity index (χ1v) is 6.50. The summed E-state index contributed by atoms with van der Waals surface area (Å²) >= 11 is 0. The van der Waals surface area contributed by atoms with E-state index in [9.17, 15) is 4.79 Å². The molecule has 0 bridgehead atoms. The molecule has 0 heterocycles. The van der Waals surface area contributed by atoms with Crippen molar-refractivity contribution in [3.8, 4) is 0 Å². The SMILES string of the molecule is CC(C)OC1CCC(C(=O)C(C)(C)C)CC1. The minimum Gasteiger partial charge on any atom is -0.376 e. The highest BCUT2D eigenvalue weighted by atomic mass is 16.5. The Hall–Kier alpha value is -0.370. The Labute approximate surface area is 99.8 Å². The maximum atomic E-state index is 12.1. The summed E-state index contributed by atoms with van der Waals surface area (Å²) in [5.41, 5.74) is -0.184. The average Bonchev–Trinajstić information content (AvgIpc) is 2.15. The van der Waals surface area contributed by atoms with Gasteiger partial charge < -0.3 is 4.74 Å². The van der Waals surface area contributed by atoms with E-state index in [4.69, 9.17) is 4.74 Å². The molecule has 0 aromatic carbocycles. The van der Waals surface area contributed by atoms with Crippen LogP contribution in [0.3, 0.4) is 0 Å². The van der Waals surface area contributed by atoms with Crippen LogP contribution in [0.1, 0.15) is 60.3 Å². The minimum absolute atomic E-state index is 0.184. The summed E-state index contributed by atoms with van der Waals surface area (Å²) in [6, 6.07) is 0. The first kappa shape index (κ1) is 13.7. The average molecular weight is 226 g/mol. The summed E-state index contributed by atoms with van der Waals surface area (Å²) < 4.78 is 5.79. The van der Waals surface area contributed by atoms with Crippen LogP contribution in [0.4, 0.5) is 0 Å². The van der Waals surface area contributed by atoms with Crippen molar-refractivity contribution in [1.29, 1.82) is 0 Å². The third-order valence-corrected chi connectivity index (χ3v) is 3.25. The lowest BCUT2D eigenvalue weighted by Crippen LogP contribution is -2.33. The molecule has 0 amide bonds. The number of ether oxygens (including phenoxy) is 1. The van der Waals surface area contributed by atoms with E-state index in [1.807, 2.05) is 20.8 Å². The van der Waals surface area contributed by atoms with Crippen molar-refractivity contribution in [2.45, 2.75) is 72.5 Å². The summed E-state index contributed by atoms with van der Waals surface area (Å²) in [6.45, 7) is 10.2. The zero-order chi connectivity index (χ0) is 12.3. The third-order valence-electron chi connectivity index (χ3n) is 3.25. The molecule has 0 N–H and O–H groups in total. The second-order valence-corrected chi connectivity index (χ2v) is 6.27. The van der Waals surface area contributed by atoms with Gasteiger partial charge in [-0.05, 0) is 39.5 Å². The summed E-state index contributed by atoms with van der Waals surface area (Å²) in [4.78, 5) is 12.1. The molecule has 1 aliphatic rings. The van der Waals surface area contributed by atoms with Gasteiger partial charge in [0.15, 0.2) is 0 Å². The van der Waals surface area contributed by atoms with Gasteiger partial charge in [0.05, 0.1) is 12.2 Å². The van der Waals surface area contributed by atoms with Crippen LogP contribution in [0.2, 0.25) is 0 Å². The molecule has 0 atom stereocenters. The minimum atomic E-state index is -0.184. The highest BCUT2D eigenvalue weighted by Crippen LogP contribution is 2.32. The van der Waals surface area contributed by atoms with E-state index >= 15 is 0 Å². The Morgan fingerprint density at radius 3 is 2.00 bits per heavy atom. The number of carbonyl (C=O) groups excluding carboxylic acids is 1. The van der Waals surface area contributed by atoms with Crippen molar-refractivity contribution < 1.29 is 9.53 Å². The summed E-state index contributed by atoms with van der Waals surface area (Å²) in [5.74, 6) is 0.697. The van der Waals surface area contributed by atoms with Gasteiger partial charge in [-0.1, -0.05) is 20.8 Å². The van der Waals surface area contributed by atoms with Crippen LogP contribution in [-0.2, 0) is 9.53 Å². The summed E-state index contributed by atoms with van der Waals surface area (Å²) in [7, 11) is 0. The van der Waals surface area contributed by atoms with E-state index in [1.54, 1.807) is 0 Å². The molecule has 2 nitrogen and oxygen atoms in total. The molecule has 0 aromatic rings. The van der Waals surface area contributed by atoms with Crippen molar-refractivity contribution in [3.63, 3.8) is 0 Å². The van der Waals surface area contributed by atoms with E-state index in [2.05, 4.69) is 13.8 Å². The molecule has 0 radical (unpaired) electrons. The maximum absolute atomic E-state index is 12.1. The predicted octanol–water partition coefficient (Wildman–Crippen LogP) is 3.59. The zero-order valence-corrected chi connectivity index (χ0v) is 11.4. The molecule has 0 aromatic heterocycles. The lowest BCUT2D eigenvalue weighted by molar-refractivity contribution is -0.132. The Kier molecular flexibility index (Phi) is 4.54. The molecule has 1 fully saturated rings. The van der Waals surface area contributed by atoms with Gasteiger partial charge in [0.2, 0.25) is 0 Å². The normalized spacial score (nSPS) is 27.1. The Morgan fingerprint density at radius 2 is 1.62 bits per heavy atom. The highest BCUT2D eigenvalue weighted by molar-refractivity contribution is 5.86. The van der Waals surface area contributed by atoms with E-state index in [-0.39, 0.29) is 11.3 Å². The van der Waals surface area contributed by atoms with Gasteiger partial charge in [-0.3, -0.25) is 4.79 Å². The second kappa shape index (κ2) is 5.31. The Balaban J connectivity index is 2.40. The Bertz CT molecular complexity index is 230. The lowest BCUT2D eigenvalue weighted by atomic mass is 9.76. The van der Waals surface area contributed by atoms with E-state index in [1.165, 1.54) is 0 Å². The largest absolute Gasteiger partial charge is 0.376 e. The third kappa shape index (κ3) is 3.89. The number of rotatable bonds is 3. The number of ketones is 1. The summed E-state index contributed by atoms with van der Waals surface area (Å²) in [5, 5.41) is 0. The molecule has 94 valence electrons. The van der Waals surface area contributed by atoms with Gasteiger partial charge >= 0.3 is 0 Å². The number of carbonyl (C=O) groups is 1. The fraction of sp³-hybridized carbons (Fsp3) is 0.929. The van der Waals surface area contributed by atoms with Crippen molar-refractivity contribution in [1.82, 2.24) is 0 Å². The molecule has 0 spiro atoms. The molecule has 1 rings (SSSR count). The number of hydrogen-bond acceptors (Lipinski definition) is 2. The van der Waals surface area contributed by atoms with Crippen LogP contribution >= 0.6 is 0 Å². The van der Waals surface area contributed by atoms with Gasteiger partial charge in [-0.25, -0.2) is 0 Å². The summed E-state index contributed by atoms with van der Waals surface area (Å²) in [6.07, 6.45) is 4.79. The maximum Gasteiger partial charge on any atom is 0.141 e.